The van der Waals surface area contributed by atoms with Crippen molar-refractivity contribution in [1.29, 1.82) is 0 Å². The van der Waals surface area contributed by atoms with Crippen LogP contribution in [0.2, 0.25) is 0 Å². The van der Waals surface area contributed by atoms with E-state index in [4.69, 9.17) is 4.74 Å². The van der Waals surface area contributed by atoms with Crippen molar-refractivity contribution >= 4 is 11.9 Å². The molecule has 0 saturated carbocycles. The van der Waals surface area contributed by atoms with Gasteiger partial charge in [0, 0.05) is 25.7 Å². The number of piperidine rings is 1. The Morgan fingerprint density at radius 3 is 3.04 bits per heavy atom. The van der Waals surface area contributed by atoms with E-state index < -0.39 is 12.5 Å². The zero-order valence-corrected chi connectivity index (χ0v) is 14.7. The molecule has 7 nitrogen and oxygen atoms in total. The van der Waals surface area contributed by atoms with Crippen molar-refractivity contribution in [1.82, 2.24) is 19.7 Å². The molecule has 1 aromatic heterocycles. The Kier molecular flexibility index (Phi) is 5.06. The minimum Gasteiger partial charge on any atom is -0.378 e. The maximum atomic E-state index is 13.5. The molecule has 144 valence electrons. The van der Waals surface area contributed by atoms with E-state index in [0.717, 1.165) is 38.8 Å². The van der Waals surface area contributed by atoms with Crippen molar-refractivity contribution in [2.24, 2.45) is 5.92 Å². The van der Waals surface area contributed by atoms with Crippen molar-refractivity contribution in [3.05, 3.63) is 6.33 Å². The molecule has 3 aliphatic rings. The number of halogens is 2. The first-order valence-electron chi connectivity index (χ1n) is 9.45. The highest BCUT2D eigenvalue weighted by molar-refractivity contribution is 5.76. The Hall–Kier alpha value is -1.77. The summed E-state index contributed by atoms with van der Waals surface area (Å²) in [5.41, 5.74) is 0. The summed E-state index contributed by atoms with van der Waals surface area (Å²) in [5.74, 6) is 0.657. The third-order valence-electron chi connectivity index (χ3n) is 5.79. The molecular formula is C17H25F2N5O2. The molecule has 0 aromatic carbocycles. The molecule has 1 N–H and O–H groups in total. The Morgan fingerprint density at radius 2 is 2.27 bits per heavy atom. The van der Waals surface area contributed by atoms with Crippen LogP contribution in [0.3, 0.4) is 0 Å². The number of amides is 1. The van der Waals surface area contributed by atoms with E-state index in [1.165, 1.54) is 11.0 Å². The number of hydrogen-bond acceptors (Lipinski definition) is 5. The smallest absolute Gasteiger partial charge is 0.260 e. The number of fused-ring (bicyclic) bond motifs is 1. The van der Waals surface area contributed by atoms with Crippen LogP contribution in [0.25, 0.3) is 0 Å². The SMILES string of the molecule is O=C(CC1CCCO1)N1CCCC([C@@H]2C[C@H](C(F)F)n3ncnc3N2)C1. The predicted octanol–water partition coefficient (Wildman–Crippen LogP) is 2.08. The average Bonchev–Trinajstić information content (AvgIpc) is 3.32. The largest absolute Gasteiger partial charge is 0.378 e. The summed E-state index contributed by atoms with van der Waals surface area (Å²) in [6.45, 7) is 2.08. The van der Waals surface area contributed by atoms with Crippen LogP contribution in [-0.4, -0.2) is 63.8 Å². The highest BCUT2D eigenvalue weighted by Crippen LogP contribution is 2.35. The third-order valence-corrected chi connectivity index (χ3v) is 5.79. The molecule has 0 bridgehead atoms. The summed E-state index contributed by atoms with van der Waals surface area (Å²) >= 11 is 0. The van der Waals surface area contributed by atoms with E-state index >= 15 is 0 Å². The lowest BCUT2D eigenvalue weighted by atomic mass is 9.86. The molecule has 2 saturated heterocycles. The first-order valence-corrected chi connectivity index (χ1v) is 9.45. The first-order chi connectivity index (χ1) is 12.6. The van der Waals surface area contributed by atoms with Crippen LogP contribution in [-0.2, 0) is 9.53 Å². The van der Waals surface area contributed by atoms with Crippen LogP contribution >= 0.6 is 0 Å². The van der Waals surface area contributed by atoms with Crippen molar-refractivity contribution < 1.29 is 18.3 Å². The van der Waals surface area contributed by atoms with Gasteiger partial charge in [0.25, 0.3) is 6.43 Å². The van der Waals surface area contributed by atoms with Gasteiger partial charge in [-0.2, -0.15) is 10.1 Å². The van der Waals surface area contributed by atoms with Gasteiger partial charge in [-0.1, -0.05) is 0 Å². The average molecular weight is 369 g/mol. The number of hydrogen-bond donors (Lipinski definition) is 1. The molecule has 9 heteroatoms. The lowest BCUT2D eigenvalue weighted by Gasteiger charge is -2.40. The summed E-state index contributed by atoms with van der Waals surface area (Å²) in [4.78, 5) is 18.5. The maximum absolute atomic E-state index is 13.5. The van der Waals surface area contributed by atoms with Crippen LogP contribution in [0.5, 0.6) is 0 Å². The number of alkyl halides is 2. The molecule has 0 aliphatic carbocycles. The summed E-state index contributed by atoms with van der Waals surface area (Å²) in [7, 11) is 0. The third kappa shape index (κ3) is 3.54. The molecule has 26 heavy (non-hydrogen) atoms. The van der Waals surface area contributed by atoms with Gasteiger partial charge in [-0.3, -0.25) is 4.79 Å². The van der Waals surface area contributed by atoms with Gasteiger partial charge in [0.05, 0.1) is 12.5 Å². The van der Waals surface area contributed by atoms with Crippen LogP contribution < -0.4 is 5.32 Å². The molecular weight excluding hydrogens is 344 g/mol. The van der Waals surface area contributed by atoms with Crippen molar-refractivity contribution in [2.75, 3.05) is 25.0 Å². The van der Waals surface area contributed by atoms with Crippen LogP contribution in [0.15, 0.2) is 6.33 Å². The number of rotatable bonds is 4. The zero-order chi connectivity index (χ0) is 18.1. The molecule has 0 radical (unpaired) electrons. The van der Waals surface area contributed by atoms with Gasteiger partial charge >= 0.3 is 0 Å². The van der Waals surface area contributed by atoms with E-state index in [1.807, 2.05) is 4.90 Å². The number of likely N-dealkylation sites (tertiary alicyclic amines) is 1. The normalized spacial score (nSPS) is 31.7. The van der Waals surface area contributed by atoms with Crippen LogP contribution in [0.1, 0.15) is 44.6 Å². The topological polar surface area (TPSA) is 72.3 Å². The van der Waals surface area contributed by atoms with Gasteiger partial charge in [0.1, 0.15) is 12.4 Å². The molecule has 1 aromatic rings. The fraction of sp³-hybridized carbons (Fsp3) is 0.824. The fourth-order valence-electron chi connectivity index (χ4n) is 4.39. The second kappa shape index (κ2) is 7.46. The molecule has 1 amide bonds. The number of carbonyl (C=O) groups excluding carboxylic acids is 1. The molecule has 4 atom stereocenters. The number of nitrogens with one attached hydrogen (secondary N) is 1. The summed E-state index contributed by atoms with van der Waals surface area (Å²) in [6, 6.07) is -1.08. The van der Waals surface area contributed by atoms with E-state index in [1.54, 1.807) is 0 Å². The van der Waals surface area contributed by atoms with Crippen molar-refractivity contribution in [2.45, 2.75) is 63.1 Å². The lowest BCUT2D eigenvalue weighted by Crippen LogP contribution is -2.48. The van der Waals surface area contributed by atoms with Crippen LogP contribution in [0.4, 0.5) is 14.7 Å². The minimum absolute atomic E-state index is 0.0393. The number of ether oxygens (including phenoxy) is 1. The standard InChI is InChI=1S/C17H25F2N5O2/c18-16(19)14-8-13(22-17-20-10-21-24(14)17)11-3-1-5-23(9-11)15(25)7-12-4-2-6-26-12/h10-14,16H,1-9H2,(H,20,21,22)/t11?,12?,13-,14+/m0/s1. The Bertz CT molecular complexity index is 634. The zero-order valence-electron chi connectivity index (χ0n) is 14.7. The number of aromatic nitrogens is 3. The Balaban J connectivity index is 1.40. The lowest BCUT2D eigenvalue weighted by molar-refractivity contribution is -0.135. The number of nitrogens with zero attached hydrogens (tertiary/aromatic N) is 4. The number of carbonyl (C=O) groups is 1. The molecule has 4 heterocycles. The minimum atomic E-state index is -2.49. The quantitative estimate of drug-likeness (QED) is 0.880. The fourth-order valence-corrected chi connectivity index (χ4v) is 4.39. The molecule has 0 spiro atoms. The highest BCUT2D eigenvalue weighted by atomic mass is 19.3. The van der Waals surface area contributed by atoms with E-state index in [9.17, 15) is 13.6 Å². The van der Waals surface area contributed by atoms with Gasteiger partial charge in [0.2, 0.25) is 11.9 Å². The Labute approximate surface area is 151 Å². The molecule has 2 unspecified atom stereocenters. The van der Waals surface area contributed by atoms with Gasteiger partial charge in [-0.25, -0.2) is 13.5 Å². The summed E-state index contributed by atoms with van der Waals surface area (Å²) < 4.78 is 33.8. The van der Waals surface area contributed by atoms with E-state index in [0.29, 0.717) is 25.3 Å². The number of anilines is 1. The van der Waals surface area contributed by atoms with Gasteiger partial charge in [-0.15, -0.1) is 0 Å². The Morgan fingerprint density at radius 1 is 1.38 bits per heavy atom. The monoisotopic (exact) mass is 369 g/mol. The summed E-state index contributed by atoms with van der Waals surface area (Å²) in [5, 5.41) is 7.18. The van der Waals surface area contributed by atoms with Crippen molar-refractivity contribution in [3.8, 4) is 0 Å². The summed E-state index contributed by atoms with van der Waals surface area (Å²) in [6.07, 6.45) is 3.36. The second-order valence-corrected chi connectivity index (χ2v) is 7.50. The highest BCUT2D eigenvalue weighted by Gasteiger charge is 2.39. The van der Waals surface area contributed by atoms with Gasteiger partial charge < -0.3 is 15.0 Å². The molecule has 3 aliphatic heterocycles. The predicted molar refractivity (Wildman–Crippen MR) is 90.0 cm³/mol. The first kappa shape index (κ1) is 17.6. The molecule has 4 rings (SSSR count). The molecule has 2 fully saturated rings. The maximum Gasteiger partial charge on any atom is 0.260 e. The second-order valence-electron chi connectivity index (χ2n) is 7.50. The van der Waals surface area contributed by atoms with Gasteiger partial charge in [0.15, 0.2) is 0 Å². The van der Waals surface area contributed by atoms with Crippen molar-refractivity contribution in [3.63, 3.8) is 0 Å². The van der Waals surface area contributed by atoms with Gasteiger partial charge in [-0.05, 0) is 38.0 Å². The van der Waals surface area contributed by atoms with Crippen LogP contribution in [0, 0.1) is 5.92 Å². The van der Waals surface area contributed by atoms with E-state index in [2.05, 4.69) is 15.4 Å². The van der Waals surface area contributed by atoms with E-state index in [-0.39, 0.29) is 24.0 Å².